The van der Waals surface area contributed by atoms with Gasteiger partial charge >= 0.3 is 0 Å². The van der Waals surface area contributed by atoms with Crippen LogP contribution in [-0.2, 0) is 0 Å². The predicted molar refractivity (Wildman–Crippen MR) is 93.5 cm³/mol. The van der Waals surface area contributed by atoms with Crippen molar-refractivity contribution in [2.45, 2.75) is 57.5 Å². The Hall–Kier alpha value is -1.50. The largest absolute Gasteiger partial charge is 0.363 e. The van der Waals surface area contributed by atoms with E-state index in [1.807, 2.05) is 0 Å². The van der Waals surface area contributed by atoms with Gasteiger partial charge in [-0.1, -0.05) is 24.3 Å². The first-order chi connectivity index (χ1) is 10.5. The van der Waals surface area contributed by atoms with Crippen LogP contribution in [0.5, 0.6) is 0 Å². The van der Waals surface area contributed by atoms with E-state index in [0.717, 1.165) is 23.8 Å². The molecular formula is C21H25N. The van der Waals surface area contributed by atoms with E-state index in [9.17, 15) is 0 Å². The van der Waals surface area contributed by atoms with E-state index in [0.29, 0.717) is 0 Å². The third-order valence-corrected chi connectivity index (χ3v) is 6.41. The number of anilines is 1. The van der Waals surface area contributed by atoms with Gasteiger partial charge in [-0.2, -0.15) is 0 Å². The van der Waals surface area contributed by atoms with Gasteiger partial charge in [-0.05, 0) is 80.3 Å². The van der Waals surface area contributed by atoms with Gasteiger partial charge in [0, 0.05) is 23.2 Å². The molecular weight excluding hydrogens is 266 g/mol. The van der Waals surface area contributed by atoms with Crippen LogP contribution in [0.4, 0.5) is 5.69 Å². The summed E-state index contributed by atoms with van der Waals surface area (Å²) in [5.41, 5.74) is 3.38. The number of rotatable bonds is 0. The lowest BCUT2D eigenvalue weighted by Gasteiger charge is -2.43. The fourth-order valence-corrected chi connectivity index (χ4v) is 5.76. The molecule has 2 fully saturated rings. The number of fused-ring (bicyclic) bond motifs is 8. The van der Waals surface area contributed by atoms with Crippen LogP contribution in [0.1, 0.15) is 51.5 Å². The Bertz CT molecular complexity index is 754. The molecule has 2 saturated carbocycles. The van der Waals surface area contributed by atoms with E-state index in [1.165, 1.54) is 35.7 Å². The highest BCUT2D eigenvalue weighted by atomic mass is 15.3. The number of hydrogen-bond acceptors (Lipinski definition) is 1. The summed E-state index contributed by atoms with van der Waals surface area (Å²) >= 11 is 0. The average Bonchev–Trinajstić information content (AvgIpc) is 3.14. The molecule has 1 aliphatic heterocycles. The summed E-state index contributed by atoms with van der Waals surface area (Å²) in [6, 6.07) is 14.6. The van der Waals surface area contributed by atoms with Crippen LogP contribution < -0.4 is 4.90 Å². The quantitative estimate of drug-likeness (QED) is 0.633. The zero-order valence-electron chi connectivity index (χ0n) is 13.8. The smallest absolute Gasteiger partial charge is 0.0416 e. The zero-order valence-corrected chi connectivity index (χ0v) is 13.8. The van der Waals surface area contributed by atoms with Gasteiger partial charge in [-0.3, -0.25) is 0 Å². The Kier molecular flexibility index (Phi) is 2.40. The van der Waals surface area contributed by atoms with Crippen LogP contribution >= 0.6 is 0 Å². The molecule has 1 heterocycles. The second-order valence-electron chi connectivity index (χ2n) is 8.65. The third-order valence-electron chi connectivity index (χ3n) is 6.41. The molecule has 0 unspecified atom stereocenters. The maximum absolute atomic E-state index is 2.78. The van der Waals surface area contributed by atoms with E-state index in [2.05, 4.69) is 62.1 Å². The van der Waals surface area contributed by atoms with Crippen molar-refractivity contribution in [1.29, 1.82) is 0 Å². The zero-order chi connectivity index (χ0) is 15.1. The molecule has 0 spiro atoms. The van der Waals surface area contributed by atoms with Crippen molar-refractivity contribution in [1.82, 2.24) is 0 Å². The standard InChI is InChI=1S/C21H25N/c1-21(2,3)22-18-12-14-7-5-4-6-13(14)11-17(18)19-15-8-9-16(10-15)20(19)22/h4-7,11-12,15-16,19-20H,8-10H2,1-3H3/t15-,16+,19-,20-/m1/s1. The number of nitrogens with zero attached hydrogens (tertiary/aromatic N) is 1. The van der Waals surface area contributed by atoms with Crippen LogP contribution in [0.2, 0.25) is 0 Å². The van der Waals surface area contributed by atoms with Gasteiger partial charge < -0.3 is 4.90 Å². The van der Waals surface area contributed by atoms with Crippen LogP contribution in [0.3, 0.4) is 0 Å². The molecule has 0 amide bonds. The van der Waals surface area contributed by atoms with Crippen molar-refractivity contribution in [3.63, 3.8) is 0 Å². The lowest BCUT2D eigenvalue weighted by Crippen LogP contribution is -2.49. The molecule has 0 aromatic heterocycles. The van der Waals surface area contributed by atoms with E-state index in [4.69, 9.17) is 0 Å². The first-order valence-corrected chi connectivity index (χ1v) is 8.86. The van der Waals surface area contributed by atoms with Gasteiger partial charge in [-0.15, -0.1) is 0 Å². The van der Waals surface area contributed by atoms with Crippen molar-refractivity contribution in [3.05, 3.63) is 42.0 Å². The molecule has 2 aromatic rings. The molecule has 114 valence electrons. The molecule has 0 N–H and O–H groups in total. The van der Waals surface area contributed by atoms with E-state index < -0.39 is 0 Å². The van der Waals surface area contributed by atoms with Crippen LogP contribution in [0.15, 0.2) is 36.4 Å². The maximum Gasteiger partial charge on any atom is 0.0416 e. The monoisotopic (exact) mass is 291 g/mol. The molecule has 3 aliphatic rings. The summed E-state index contributed by atoms with van der Waals surface area (Å²) in [6.45, 7) is 7.17. The first kappa shape index (κ1) is 13.0. The SMILES string of the molecule is CC(C)(C)N1c2cc3ccccc3cc2[C@H]2[C@@H]3CC[C@@H](C3)[C@H]21. The van der Waals surface area contributed by atoms with Crippen LogP contribution in [-0.4, -0.2) is 11.6 Å². The summed E-state index contributed by atoms with van der Waals surface area (Å²) in [5, 5.41) is 2.81. The second-order valence-corrected chi connectivity index (χ2v) is 8.65. The molecule has 2 aromatic carbocycles. The Labute approximate surface area is 133 Å². The normalized spacial score (nSPS) is 32.6. The molecule has 2 aliphatic carbocycles. The summed E-state index contributed by atoms with van der Waals surface area (Å²) in [5.74, 6) is 2.64. The molecule has 0 radical (unpaired) electrons. The molecule has 22 heavy (non-hydrogen) atoms. The van der Waals surface area contributed by atoms with E-state index >= 15 is 0 Å². The first-order valence-electron chi connectivity index (χ1n) is 8.86. The highest BCUT2D eigenvalue weighted by molar-refractivity contribution is 5.89. The molecule has 1 heteroatoms. The lowest BCUT2D eigenvalue weighted by molar-refractivity contribution is 0.325. The molecule has 0 saturated heterocycles. The third kappa shape index (κ3) is 1.55. The van der Waals surface area contributed by atoms with Gasteiger partial charge in [0.15, 0.2) is 0 Å². The average molecular weight is 291 g/mol. The Balaban J connectivity index is 1.77. The lowest BCUT2D eigenvalue weighted by atomic mass is 9.81. The van der Waals surface area contributed by atoms with Crippen LogP contribution in [0.25, 0.3) is 10.8 Å². The molecule has 5 rings (SSSR count). The van der Waals surface area contributed by atoms with Crippen molar-refractivity contribution < 1.29 is 0 Å². The number of hydrogen-bond donors (Lipinski definition) is 0. The van der Waals surface area contributed by atoms with Crippen molar-refractivity contribution in [3.8, 4) is 0 Å². The van der Waals surface area contributed by atoms with Gasteiger partial charge in [0.1, 0.15) is 0 Å². The highest BCUT2D eigenvalue weighted by Gasteiger charge is 2.56. The van der Waals surface area contributed by atoms with Gasteiger partial charge in [0.05, 0.1) is 0 Å². The van der Waals surface area contributed by atoms with Gasteiger partial charge in [0.2, 0.25) is 0 Å². The molecule has 4 atom stereocenters. The fourth-order valence-electron chi connectivity index (χ4n) is 5.76. The fraction of sp³-hybridized carbons (Fsp3) is 0.524. The van der Waals surface area contributed by atoms with Crippen molar-refractivity contribution in [2.75, 3.05) is 4.90 Å². The summed E-state index contributed by atoms with van der Waals surface area (Å²) in [4.78, 5) is 2.78. The van der Waals surface area contributed by atoms with Crippen molar-refractivity contribution in [2.24, 2.45) is 11.8 Å². The topological polar surface area (TPSA) is 3.24 Å². The summed E-state index contributed by atoms with van der Waals surface area (Å²) in [7, 11) is 0. The van der Waals surface area contributed by atoms with E-state index in [-0.39, 0.29) is 5.54 Å². The van der Waals surface area contributed by atoms with Gasteiger partial charge in [0.25, 0.3) is 0 Å². The minimum atomic E-state index is 0.209. The molecule has 1 nitrogen and oxygen atoms in total. The van der Waals surface area contributed by atoms with Crippen molar-refractivity contribution >= 4 is 16.5 Å². The predicted octanol–water partition coefficient (Wildman–Crippen LogP) is 5.34. The summed E-state index contributed by atoms with van der Waals surface area (Å²) in [6.07, 6.45) is 4.37. The van der Waals surface area contributed by atoms with Crippen LogP contribution in [0, 0.1) is 11.8 Å². The maximum atomic E-state index is 2.78. The minimum Gasteiger partial charge on any atom is -0.363 e. The Morgan fingerprint density at radius 3 is 2.36 bits per heavy atom. The second kappa shape index (κ2) is 4.07. The number of benzene rings is 2. The minimum absolute atomic E-state index is 0.209. The Morgan fingerprint density at radius 1 is 0.955 bits per heavy atom. The van der Waals surface area contributed by atoms with E-state index in [1.54, 1.807) is 5.56 Å². The molecule has 2 bridgehead atoms. The Morgan fingerprint density at radius 2 is 1.64 bits per heavy atom. The summed E-state index contributed by atoms with van der Waals surface area (Å²) < 4.78 is 0. The highest BCUT2D eigenvalue weighted by Crippen LogP contribution is 2.62. The van der Waals surface area contributed by atoms with Gasteiger partial charge in [-0.25, -0.2) is 0 Å².